The van der Waals surface area contributed by atoms with Gasteiger partial charge in [0.15, 0.2) is 0 Å². The highest BCUT2D eigenvalue weighted by Crippen LogP contribution is 2.46. The molecule has 1 amide bonds. The van der Waals surface area contributed by atoms with E-state index in [1.54, 1.807) is 11.3 Å². The van der Waals surface area contributed by atoms with E-state index in [1.165, 1.54) is 44.2 Å². The molecule has 2 saturated heterocycles. The smallest absolute Gasteiger partial charge is 0.222 e. The van der Waals surface area contributed by atoms with Gasteiger partial charge in [-0.15, -0.1) is 22.7 Å². The Balaban J connectivity index is 0.000000131. The number of piperidine rings is 2. The molecular formula is C28H30N8OS2. The van der Waals surface area contributed by atoms with Crippen LogP contribution in [0.2, 0.25) is 0 Å². The van der Waals surface area contributed by atoms with Gasteiger partial charge < -0.3 is 20.9 Å². The monoisotopic (exact) mass is 558 g/mol. The maximum Gasteiger partial charge on any atom is 0.222 e. The average Bonchev–Trinajstić information content (AvgIpc) is 3.50. The van der Waals surface area contributed by atoms with Crippen LogP contribution in [0.1, 0.15) is 19.8 Å². The van der Waals surface area contributed by atoms with Crippen LogP contribution in [0.5, 0.6) is 0 Å². The van der Waals surface area contributed by atoms with Gasteiger partial charge in [-0.1, -0.05) is 0 Å². The second kappa shape index (κ2) is 9.87. The first-order chi connectivity index (χ1) is 19.0. The summed E-state index contributed by atoms with van der Waals surface area (Å²) in [4.78, 5) is 33.6. The van der Waals surface area contributed by atoms with Crippen LogP contribution < -0.4 is 20.9 Å². The summed E-state index contributed by atoms with van der Waals surface area (Å²) in [7, 11) is 0. The Labute approximate surface area is 235 Å². The average molecular weight is 559 g/mol. The number of carbonyl (C=O) groups is 1. The van der Waals surface area contributed by atoms with E-state index in [9.17, 15) is 4.79 Å². The number of rotatable bonds is 5. The third-order valence-corrected chi connectivity index (χ3v) is 9.73. The molecular weight excluding hydrogens is 528 g/mol. The fourth-order valence-corrected chi connectivity index (χ4v) is 7.08. The van der Waals surface area contributed by atoms with Gasteiger partial charge in [-0.05, 0) is 60.8 Å². The summed E-state index contributed by atoms with van der Waals surface area (Å²) < 4.78 is 0. The third kappa shape index (κ3) is 5.33. The summed E-state index contributed by atoms with van der Waals surface area (Å²) >= 11 is 3.07. The molecule has 6 heterocycles. The predicted octanol–water partition coefficient (Wildman–Crippen LogP) is 4.86. The highest BCUT2D eigenvalue weighted by molar-refractivity contribution is 7.13. The van der Waals surface area contributed by atoms with E-state index in [4.69, 9.17) is 5.73 Å². The second-order valence-electron chi connectivity index (χ2n) is 10.9. The number of amides is 1. The summed E-state index contributed by atoms with van der Waals surface area (Å²) in [6, 6.07) is 8.31. The van der Waals surface area contributed by atoms with Crippen molar-refractivity contribution in [1.82, 2.24) is 19.9 Å². The Hall–Kier alpha value is -3.57. The van der Waals surface area contributed by atoms with Crippen LogP contribution in [-0.4, -0.2) is 52.0 Å². The SMILES string of the molecule is CC(=O)Nc1csc(-c2ccc(N3CC4CC4C3)nc2)n1.Nc1csc(-c2ccc(N3CC4CC4C3)nc2)n1. The van der Waals surface area contributed by atoms with E-state index in [2.05, 4.69) is 59.3 Å². The number of carbonyl (C=O) groups excluding carboxylic acids is 1. The molecule has 8 rings (SSSR count). The minimum Gasteiger partial charge on any atom is -0.383 e. The van der Waals surface area contributed by atoms with Gasteiger partial charge in [0.05, 0.1) is 0 Å². The number of aromatic nitrogens is 4. The molecule has 200 valence electrons. The second-order valence-corrected chi connectivity index (χ2v) is 12.6. The topological polar surface area (TPSA) is 113 Å². The Morgan fingerprint density at radius 2 is 1.33 bits per heavy atom. The van der Waals surface area contributed by atoms with Gasteiger partial charge in [-0.2, -0.15) is 0 Å². The Morgan fingerprint density at radius 3 is 1.77 bits per heavy atom. The number of anilines is 4. The molecule has 0 radical (unpaired) electrons. The lowest BCUT2D eigenvalue weighted by Crippen LogP contribution is -2.22. The lowest BCUT2D eigenvalue weighted by Gasteiger charge is -2.18. The van der Waals surface area contributed by atoms with Gasteiger partial charge in [-0.3, -0.25) is 4.79 Å². The molecule has 3 N–H and O–H groups in total. The number of nitrogen functional groups attached to an aromatic ring is 1. The highest BCUT2D eigenvalue weighted by Gasteiger charge is 2.46. The van der Waals surface area contributed by atoms with Crippen molar-refractivity contribution < 1.29 is 4.79 Å². The molecule has 4 aliphatic rings. The molecule has 0 bridgehead atoms. The summed E-state index contributed by atoms with van der Waals surface area (Å²) in [5.74, 6) is 6.92. The number of nitrogens with zero attached hydrogens (tertiary/aromatic N) is 6. The molecule has 11 heteroatoms. The number of hydrogen-bond donors (Lipinski definition) is 2. The highest BCUT2D eigenvalue weighted by atomic mass is 32.1. The predicted molar refractivity (Wildman–Crippen MR) is 157 cm³/mol. The fourth-order valence-electron chi connectivity index (χ4n) is 5.63. The van der Waals surface area contributed by atoms with E-state index < -0.39 is 0 Å². The van der Waals surface area contributed by atoms with Gasteiger partial charge in [-0.25, -0.2) is 19.9 Å². The van der Waals surface area contributed by atoms with Crippen LogP contribution in [0, 0.1) is 23.7 Å². The van der Waals surface area contributed by atoms with Crippen molar-refractivity contribution in [2.24, 2.45) is 23.7 Å². The lowest BCUT2D eigenvalue weighted by molar-refractivity contribution is -0.114. The molecule has 2 aliphatic heterocycles. The Bertz CT molecular complexity index is 1460. The quantitative estimate of drug-likeness (QED) is 0.357. The molecule has 0 spiro atoms. The zero-order chi connectivity index (χ0) is 26.5. The summed E-state index contributed by atoms with van der Waals surface area (Å²) in [6.45, 7) is 6.15. The van der Waals surface area contributed by atoms with E-state index in [0.717, 1.165) is 69.5 Å². The minimum atomic E-state index is -0.104. The summed E-state index contributed by atoms with van der Waals surface area (Å²) in [5.41, 5.74) is 7.67. The van der Waals surface area contributed by atoms with Crippen molar-refractivity contribution in [3.8, 4) is 21.1 Å². The van der Waals surface area contributed by atoms with Crippen molar-refractivity contribution >= 4 is 51.9 Å². The van der Waals surface area contributed by atoms with Crippen LogP contribution in [0.3, 0.4) is 0 Å². The van der Waals surface area contributed by atoms with E-state index in [1.807, 2.05) is 23.2 Å². The molecule has 4 unspecified atom stereocenters. The maximum atomic E-state index is 11.0. The van der Waals surface area contributed by atoms with Crippen molar-refractivity contribution in [1.29, 1.82) is 0 Å². The van der Waals surface area contributed by atoms with Gasteiger partial charge in [0.25, 0.3) is 0 Å². The summed E-state index contributed by atoms with van der Waals surface area (Å²) in [5, 5.41) is 8.21. The number of hydrogen-bond acceptors (Lipinski definition) is 10. The van der Waals surface area contributed by atoms with E-state index in [0.29, 0.717) is 11.6 Å². The molecule has 4 fully saturated rings. The van der Waals surface area contributed by atoms with Gasteiger partial charge in [0.2, 0.25) is 5.91 Å². The molecule has 2 saturated carbocycles. The van der Waals surface area contributed by atoms with Gasteiger partial charge >= 0.3 is 0 Å². The Morgan fingerprint density at radius 1 is 0.821 bits per heavy atom. The van der Waals surface area contributed by atoms with Gasteiger partial charge in [0.1, 0.15) is 33.3 Å². The third-order valence-electron chi connectivity index (χ3n) is 7.93. The van der Waals surface area contributed by atoms with E-state index >= 15 is 0 Å². The Kier molecular flexibility index (Phi) is 6.19. The minimum absolute atomic E-state index is 0.104. The number of pyridine rings is 2. The maximum absolute atomic E-state index is 11.0. The van der Waals surface area contributed by atoms with Crippen molar-refractivity contribution in [3.05, 3.63) is 47.4 Å². The number of fused-ring (bicyclic) bond motifs is 2. The summed E-state index contributed by atoms with van der Waals surface area (Å²) in [6.07, 6.45) is 6.60. The van der Waals surface area contributed by atoms with Crippen LogP contribution >= 0.6 is 22.7 Å². The molecule has 4 aromatic heterocycles. The first-order valence-electron chi connectivity index (χ1n) is 13.4. The molecule has 2 aliphatic carbocycles. The van der Waals surface area contributed by atoms with Crippen LogP contribution in [-0.2, 0) is 4.79 Å². The first kappa shape index (κ1) is 24.5. The molecule has 0 aromatic carbocycles. The largest absolute Gasteiger partial charge is 0.383 e. The van der Waals surface area contributed by atoms with Crippen molar-refractivity contribution in [3.63, 3.8) is 0 Å². The number of thiazole rings is 2. The van der Waals surface area contributed by atoms with Gasteiger partial charge in [0, 0.05) is 67.4 Å². The number of nitrogens with two attached hydrogens (primary N) is 1. The fraction of sp³-hybridized carbons (Fsp3) is 0.393. The lowest BCUT2D eigenvalue weighted by atomic mass is 10.3. The molecule has 4 aromatic rings. The molecule has 39 heavy (non-hydrogen) atoms. The van der Waals surface area contributed by atoms with Crippen LogP contribution in [0.15, 0.2) is 47.4 Å². The normalized spacial score (nSPS) is 24.0. The zero-order valence-electron chi connectivity index (χ0n) is 21.7. The first-order valence-corrected chi connectivity index (χ1v) is 15.1. The van der Waals surface area contributed by atoms with E-state index in [-0.39, 0.29) is 5.91 Å². The zero-order valence-corrected chi connectivity index (χ0v) is 23.3. The van der Waals surface area contributed by atoms with Crippen LogP contribution in [0.25, 0.3) is 21.1 Å². The van der Waals surface area contributed by atoms with Crippen LogP contribution in [0.4, 0.5) is 23.3 Å². The van der Waals surface area contributed by atoms with Crippen molar-refractivity contribution in [2.75, 3.05) is 47.0 Å². The number of nitrogens with one attached hydrogen (secondary N) is 1. The van der Waals surface area contributed by atoms with Crippen molar-refractivity contribution in [2.45, 2.75) is 19.8 Å². The molecule has 9 nitrogen and oxygen atoms in total. The molecule has 4 atom stereocenters. The standard InChI is InChI=1S/C15H16N4OS.C13H14N4S/c1-9(20)17-13-8-21-15(18-13)10-2-3-14(16-5-10)19-6-11-4-12(11)7-19;14-11-7-18-13(16-11)8-1-2-12(15-4-8)17-5-9-3-10(9)6-17/h2-3,5,8,11-12H,4,6-7H2,1H3,(H,17,20);1-2,4,7,9-10H,3,5-6,14H2.